The van der Waals surface area contributed by atoms with Crippen LogP contribution in [0.15, 0.2) is 0 Å². The molecular weight excluding hydrogens is 182 g/mol. The molecule has 80 valence electrons. The third-order valence-corrected chi connectivity index (χ3v) is 5.43. The summed E-state index contributed by atoms with van der Waals surface area (Å²) in [5.41, 5.74) is 0. The topological polar surface area (TPSA) is 30.5 Å². The van der Waals surface area contributed by atoms with E-state index in [2.05, 4.69) is 18.8 Å². The molecule has 0 saturated heterocycles. The van der Waals surface area contributed by atoms with E-state index in [1.807, 2.05) is 0 Å². The average Bonchev–Trinajstić information content (AvgIpc) is 2.17. The zero-order chi connectivity index (χ0) is 10.2. The Morgan fingerprint density at radius 1 is 1.08 bits per heavy atom. The Balaban J connectivity index is 3.89. The molecule has 0 aliphatic carbocycles. The lowest BCUT2D eigenvalue weighted by molar-refractivity contribution is 0.226. The lowest BCUT2D eigenvalue weighted by Gasteiger charge is -2.27. The van der Waals surface area contributed by atoms with Crippen LogP contribution < -0.4 is 4.98 Å². The minimum atomic E-state index is -2.03. The smallest absolute Gasteiger partial charge is 0.386 e. The van der Waals surface area contributed by atoms with Crippen LogP contribution in [0.1, 0.15) is 33.1 Å². The van der Waals surface area contributed by atoms with Crippen LogP contribution in [-0.2, 0) is 8.85 Å². The van der Waals surface area contributed by atoms with Crippen LogP contribution in [0.3, 0.4) is 0 Å². The number of rotatable bonds is 8. The van der Waals surface area contributed by atoms with E-state index in [-0.39, 0.29) is 0 Å². The predicted molar refractivity (Wildman–Crippen MR) is 57.8 cm³/mol. The fraction of sp³-hybridized carbons (Fsp3) is 1.00. The summed E-state index contributed by atoms with van der Waals surface area (Å²) < 4.78 is 11.0. The van der Waals surface area contributed by atoms with Gasteiger partial charge in [-0.1, -0.05) is 26.7 Å². The SMILES string of the molecule is CCCCN[Si](CCC)(OC)OC. The van der Waals surface area contributed by atoms with Gasteiger partial charge in [-0.3, -0.25) is 4.98 Å². The minimum Gasteiger partial charge on any atom is -0.386 e. The maximum Gasteiger partial charge on any atom is 0.424 e. The van der Waals surface area contributed by atoms with Crippen molar-refractivity contribution < 1.29 is 8.85 Å². The molecule has 0 rings (SSSR count). The van der Waals surface area contributed by atoms with E-state index in [0.29, 0.717) is 0 Å². The molecule has 0 bridgehead atoms. The molecule has 1 N–H and O–H groups in total. The summed E-state index contributed by atoms with van der Waals surface area (Å²) in [5.74, 6) is 0. The Kier molecular flexibility index (Phi) is 7.55. The van der Waals surface area contributed by atoms with Gasteiger partial charge in [-0.2, -0.15) is 0 Å². The van der Waals surface area contributed by atoms with Crippen molar-refractivity contribution in [3.8, 4) is 0 Å². The summed E-state index contributed by atoms with van der Waals surface area (Å²) in [6.07, 6.45) is 3.50. The van der Waals surface area contributed by atoms with Crippen molar-refractivity contribution in [1.82, 2.24) is 4.98 Å². The third-order valence-electron chi connectivity index (χ3n) is 2.16. The molecule has 0 atom stereocenters. The maximum absolute atomic E-state index is 5.48. The molecule has 3 nitrogen and oxygen atoms in total. The monoisotopic (exact) mass is 205 g/mol. The van der Waals surface area contributed by atoms with Crippen LogP contribution in [0.2, 0.25) is 6.04 Å². The molecule has 0 aromatic heterocycles. The van der Waals surface area contributed by atoms with Crippen molar-refractivity contribution in [2.24, 2.45) is 0 Å². The summed E-state index contributed by atoms with van der Waals surface area (Å²) in [4.78, 5) is 3.43. The molecular formula is C9H23NO2Si. The summed E-state index contributed by atoms with van der Waals surface area (Å²) in [5, 5.41) is 0. The minimum absolute atomic E-state index is 1.00. The van der Waals surface area contributed by atoms with E-state index in [4.69, 9.17) is 8.85 Å². The highest BCUT2D eigenvalue weighted by atomic mass is 28.4. The van der Waals surface area contributed by atoms with E-state index < -0.39 is 8.72 Å². The van der Waals surface area contributed by atoms with E-state index in [9.17, 15) is 0 Å². The van der Waals surface area contributed by atoms with E-state index in [0.717, 1.165) is 19.0 Å². The highest BCUT2D eigenvalue weighted by Crippen LogP contribution is 2.10. The molecule has 0 amide bonds. The first-order chi connectivity index (χ1) is 6.24. The van der Waals surface area contributed by atoms with Crippen molar-refractivity contribution in [1.29, 1.82) is 0 Å². The second-order valence-electron chi connectivity index (χ2n) is 3.19. The van der Waals surface area contributed by atoms with Crippen LogP contribution in [0, 0.1) is 0 Å². The fourth-order valence-electron chi connectivity index (χ4n) is 1.30. The van der Waals surface area contributed by atoms with Gasteiger partial charge in [-0.25, -0.2) is 0 Å². The number of unbranched alkanes of at least 4 members (excludes halogenated alkanes) is 1. The van der Waals surface area contributed by atoms with Crippen molar-refractivity contribution in [3.05, 3.63) is 0 Å². The van der Waals surface area contributed by atoms with Gasteiger partial charge in [0.2, 0.25) is 0 Å². The Morgan fingerprint density at radius 2 is 1.69 bits per heavy atom. The van der Waals surface area contributed by atoms with Gasteiger partial charge in [-0.05, 0) is 13.0 Å². The molecule has 13 heavy (non-hydrogen) atoms. The quantitative estimate of drug-likeness (QED) is 0.486. The normalized spacial score (nSPS) is 12.0. The molecule has 0 unspecified atom stereocenters. The highest BCUT2D eigenvalue weighted by molar-refractivity contribution is 6.64. The second kappa shape index (κ2) is 7.50. The second-order valence-corrected chi connectivity index (χ2v) is 6.37. The first-order valence-corrected chi connectivity index (χ1v) is 7.12. The lowest BCUT2D eigenvalue weighted by atomic mass is 10.3. The van der Waals surface area contributed by atoms with Gasteiger partial charge < -0.3 is 8.85 Å². The Bertz CT molecular complexity index is 118. The van der Waals surface area contributed by atoms with E-state index >= 15 is 0 Å². The Morgan fingerprint density at radius 3 is 2.08 bits per heavy atom. The molecule has 0 spiro atoms. The van der Waals surface area contributed by atoms with Crippen molar-refractivity contribution in [3.63, 3.8) is 0 Å². The molecule has 0 heterocycles. The van der Waals surface area contributed by atoms with Gasteiger partial charge in [0.1, 0.15) is 0 Å². The molecule has 0 aromatic carbocycles. The van der Waals surface area contributed by atoms with Gasteiger partial charge in [0.15, 0.2) is 0 Å². The Hall–Kier alpha value is 0.0969. The van der Waals surface area contributed by atoms with Gasteiger partial charge in [0.25, 0.3) is 0 Å². The number of nitrogens with one attached hydrogen (secondary N) is 1. The van der Waals surface area contributed by atoms with Crippen LogP contribution in [0.4, 0.5) is 0 Å². The third kappa shape index (κ3) is 4.76. The van der Waals surface area contributed by atoms with Crippen LogP contribution >= 0.6 is 0 Å². The van der Waals surface area contributed by atoms with Crippen LogP contribution in [0.25, 0.3) is 0 Å². The molecule has 4 heteroatoms. The summed E-state index contributed by atoms with van der Waals surface area (Å²) in [6.45, 7) is 5.34. The lowest BCUT2D eigenvalue weighted by Crippen LogP contribution is -2.55. The van der Waals surface area contributed by atoms with Crippen molar-refractivity contribution in [2.75, 3.05) is 20.8 Å². The molecule has 0 fully saturated rings. The van der Waals surface area contributed by atoms with Crippen molar-refractivity contribution >= 4 is 8.72 Å². The van der Waals surface area contributed by atoms with Gasteiger partial charge >= 0.3 is 8.72 Å². The van der Waals surface area contributed by atoms with Crippen molar-refractivity contribution in [2.45, 2.75) is 39.2 Å². The maximum atomic E-state index is 5.48. The van der Waals surface area contributed by atoms with Gasteiger partial charge in [0, 0.05) is 20.3 Å². The Labute approximate surface area is 83.1 Å². The largest absolute Gasteiger partial charge is 0.424 e. The fourth-order valence-corrected chi connectivity index (χ4v) is 3.56. The summed E-state index contributed by atoms with van der Waals surface area (Å²) in [7, 11) is 1.45. The van der Waals surface area contributed by atoms with Crippen LogP contribution in [-0.4, -0.2) is 29.5 Å². The molecule has 0 aliphatic heterocycles. The summed E-state index contributed by atoms with van der Waals surface area (Å²) >= 11 is 0. The van der Waals surface area contributed by atoms with E-state index in [1.165, 1.54) is 12.8 Å². The molecule has 0 aromatic rings. The highest BCUT2D eigenvalue weighted by Gasteiger charge is 2.34. The average molecular weight is 205 g/mol. The molecule has 0 aliphatic rings. The van der Waals surface area contributed by atoms with Crippen LogP contribution in [0.5, 0.6) is 0 Å². The first kappa shape index (κ1) is 13.1. The summed E-state index contributed by atoms with van der Waals surface area (Å²) in [6, 6.07) is 1.02. The molecule has 0 radical (unpaired) electrons. The standard InChI is InChI=1S/C9H23NO2Si/c1-5-7-8-10-13(11-3,12-4)9-6-2/h10H,5-9H2,1-4H3. The predicted octanol–water partition coefficient (Wildman–Crippen LogP) is 2.02. The van der Waals surface area contributed by atoms with Gasteiger partial charge in [0.05, 0.1) is 0 Å². The molecule has 0 saturated carbocycles. The zero-order valence-electron chi connectivity index (χ0n) is 9.35. The number of hydrogen-bond acceptors (Lipinski definition) is 3. The van der Waals surface area contributed by atoms with E-state index in [1.54, 1.807) is 14.2 Å². The number of hydrogen-bond donors (Lipinski definition) is 1. The first-order valence-electron chi connectivity index (χ1n) is 5.10. The van der Waals surface area contributed by atoms with Gasteiger partial charge in [-0.15, -0.1) is 0 Å². The zero-order valence-corrected chi connectivity index (χ0v) is 10.4.